The number of thiophene rings is 1. The summed E-state index contributed by atoms with van der Waals surface area (Å²) < 4.78 is 11.1. The standard InChI is InChI=1S/C11H12O3S/c1-6-10(8-3-2-4-15-8)11-7(13-6)5-9(12)14-11/h2-4,6-7,10-11H,5H2,1H3/t6?,7-,10+,11+/m0/s1. The maximum absolute atomic E-state index is 11.2. The predicted octanol–water partition coefficient (Wildman–Crippen LogP) is 1.93. The number of esters is 1. The van der Waals surface area contributed by atoms with Gasteiger partial charge in [-0.25, -0.2) is 0 Å². The van der Waals surface area contributed by atoms with Crippen LogP contribution in [0.5, 0.6) is 0 Å². The molecule has 2 fully saturated rings. The van der Waals surface area contributed by atoms with Crippen LogP contribution in [-0.2, 0) is 14.3 Å². The van der Waals surface area contributed by atoms with E-state index < -0.39 is 0 Å². The fraction of sp³-hybridized carbons (Fsp3) is 0.545. The zero-order valence-corrected chi connectivity index (χ0v) is 9.20. The van der Waals surface area contributed by atoms with Crippen LogP contribution in [0, 0.1) is 0 Å². The molecule has 80 valence electrons. The Morgan fingerprint density at radius 3 is 3.13 bits per heavy atom. The van der Waals surface area contributed by atoms with Gasteiger partial charge in [-0.15, -0.1) is 11.3 Å². The van der Waals surface area contributed by atoms with Crippen molar-refractivity contribution in [1.29, 1.82) is 0 Å². The van der Waals surface area contributed by atoms with Crippen LogP contribution in [0.4, 0.5) is 0 Å². The van der Waals surface area contributed by atoms with E-state index in [4.69, 9.17) is 9.47 Å². The summed E-state index contributed by atoms with van der Waals surface area (Å²) in [5.41, 5.74) is 0. The summed E-state index contributed by atoms with van der Waals surface area (Å²) in [6, 6.07) is 4.11. The largest absolute Gasteiger partial charge is 0.459 e. The summed E-state index contributed by atoms with van der Waals surface area (Å²) in [5.74, 6) is 0.0971. The Bertz CT molecular complexity index is 373. The van der Waals surface area contributed by atoms with Crippen LogP contribution < -0.4 is 0 Å². The minimum absolute atomic E-state index is 0.0281. The fourth-order valence-electron chi connectivity index (χ4n) is 2.49. The van der Waals surface area contributed by atoms with E-state index in [2.05, 4.69) is 13.0 Å². The van der Waals surface area contributed by atoms with Crippen molar-refractivity contribution < 1.29 is 14.3 Å². The highest BCUT2D eigenvalue weighted by Crippen LogP contribution is 2.43. The Morgan fingerprint density at radius 2 is 2.40 bits per heavy atom. The summed E-state index contributed by atoms with van der Waals surface area (Å²) in [4.78, 5) is 12.4. The van der Waals surface area contributed by atoms with Gasteiger partial charge in [0, 0.05) is 4.88 Å². The minimum atomic E-state index is -0.126. The molecule has 3 rings (SSSR count). The minimum Gasteiger partial charge on any atom is -0.459 e. The zero-order valence-electron chi connectivity index (χ0n) is 8.38. The van der Waals surface area contributed by atoms with Crippen LogP contribution in [0.25, 0.3) is 0 Å². The first-order valence-corrected chi connectivity index (χ1v) is 6.02. The van der Waals surface area contributed by atoms with E-state index >= 15 is 0 Å². The number of hydrogen-bond donors (Lipinski definition) is 0. The summed E-state index contributed by atoms with van der Waals surface area (Å²) in [7, 11) is 0. The molecular weight excluding hydrogens is 212 g/mol. The Balaban J connectivity index is 1.91. The molecule has 2 aliphatic rings. The molecule has 4 atom stereocenters. The maximum atomic E-state index is 11.2. The first kappa shape index (κ1) is 9.36. The van der Waals surface area contributed by atoms with Crippen molar-refractivity contribution in [3.63, 3.8) is 0 Å². The van der Waals surface area contributed by atoms with Crippen LogP contribution in [0.3, 0.4) is 0 Å². The van der Waals surface area contributed by atoms with Gasteiger partial charge >= 0.3 is 5.97 Å². The molecule has 2 aliphatic heterocycles. The lowest BCUT2D eigenvalue weighted by Gasteiger charge is -2.17. The Labute approximate surface area is 92.0 Å². The van der Waals surface area contributed by atoms with E-state index in [0.29, 0.717) is 6.42 Å². The van der Waals surface area contributed by atoms with E-state index in [1.54, 1.807) is 11.3 Å². The lowest BCUT2D eigenvalue weighted by Crippen LogP contribution is -2.22. The van der Waals surface area contributed by atoms with Crippen molar-refractivity contribution in [2.24, 2.45) is 0 Å². The molecule has 15 heavy (non-hydrogen) atoms. The SMILES string of the molecule is CC1O[C@H]2CC(=O)O[C@H]2[C@H]1c1cccs1. The zero-order chi connectivity index (χ0) is 10.4. The Hall–Kier alpha value is -0.870. The molecule has 0 aromatic carbocycles. The van der Waals surface area contributed by atoms with Crippen molar-refractivity contribution in [2.45, 2.75) is 37.6 Å². The van der Waals surface area contributed by atoms with Gasteiger partial charge in [0.15, 0.2) is 0 Å². The second-order valence-electron chi connectivity index (χ2n) is 4.08. The molecule has 0 spiro atoms. The summed E-state index contributed by atoms with van der Waals surface area (Å²) in [6.07, 6.45) is 0.467. The van der Waals surface area contributed by atoms with Gasteiger partial charge in [-0.1, -0.05) is 6.07 Å². The van der Waals surface area contributed by atoms with Crippen molar-refractivity contribution >= 4 is 17.3 Å². The third kappa shape index (κ3) is 1.40. The van der Waals surface area contributed by atoms with Gasteiger partial charge in [0.25, 0.3) is 0 Å². The molecule has 0 N–H and O–H groups in total. The molecule has 2 saturated heterocycles. The van der Waals surface area contributed by atoms with Gasteiger partial charge in [0.1, 0.15) is 12.2 Å². The number of rotatable bonds is 1. The third-order valence-corrected chi connectivity index (χ3v) is 4.10. The van der Waals surface area contributed by atoms with Crippen molar-refractivity contribution in [3.8, 4) is 0 Å². The Kier molecular flexibility index (Phi) is 2.07. The Morgan fingerprint density at radius 1 is 1.53 bits per heavy atom. The highest BCUT2D eigenvalue weighted by molar-refractivity contribution is 7.10. The molecule has 0 amide bonds. The van der Waals surface area contributed by atoms with Crippen LogP contribution in [0.15, 0.2) is 17.5 Å². The summed E-state index contributed by atoms with van der Waals surface area (Å²) >= 11 is 1.70. The number of fused-ring (bicyclic) bond motifs is 1. The van der Waals surface area contributed by atoms with Crippen molar-refractivity contribution in [1.82, 2.24) is 0 Å². The van der Waals surface area contributed by atoms with Crippen molar-refractivity contribution in [2.75, 3.05) is 0 Å². The average Bonchev–Trinajstić information content (AvgIpc) is 2.80. The molecule has 1 unspecified atom stereocenters. The second kappa shape index (κ2) is 3.32. The smallest absolute Gasteiger partial charge is 0.308 e. The molecule has 0 saturated carbocycles. The molecule has 3 heterocycles. The van der Waals surface area contributed by atoms with Gasteiger partial charge in [0.2, 0.25) is 0 Å². The van der Waals surface area contributed by atoms with Gasteiger partial charge in [0.05, 0.1) is 18.4 Å². The van der Waals surface area contributed by atoms with Gasteiger partial charge < -0.3 is 9.47 Å². The molecule has 4 heteroatoms. The molecule has 1 aromatic rings. The highest BCUT2D eigenvalue weighted by Gasteiger charge is 2.50. The molecular formula is C11H12O3S. The number of hydrogen-bond acceptors (Lipinski definition) is 4. The monoisotopic (exact) mass is 224 g/mol. The van der Waals surface area contributed by atoms with Gasteiger partial charge in [-0.2, -0.15) is 0 Å². The van der Waals surface area contributed by atoms with Gasteiger partial charge in [-0.05, 0) is 18.4 Å². The summed E-state index contributed by atoms with van der Waals surface area (Å²) in [6.45, 7) is 2.05. The average molecular weight is 224 g/mol. The first-order chi connectivity index (χ1) is 7.25. The molecule has 0 bridgehead atoms. The van der Waals surface area contributed by atoms with Crippen LogP contribution in [0.2, 0.25) is 0 Å². The topological polar surface area (TPSA) is 35.5 Å². The molecule has 1 aromatic heterocycles. The van der Waals surface area contributed by atoms with E-state index in [-0.39, 0.29) is 30.2 Å². The van der Waals surface area contributed by atoms with E-state index in [9.17, 15) is 4.79 Å². The van der Waals surface area contributed by atoms with Crippen LogP contribution in [-0.4, -0.2) is 24.3 Å². The molecule has 3 nitrogen and oxygen atoms in total. The van der Waals surface area contributed by atoms with Gasteiger partial charge in [-0.3, -0.25) is 4.79 Å². The molecule has 0 aliphatic carbocycles. The normalized spacial score (nSPS) is 39.1. The molecule has 0 radical (unpaired) electrons. The summed E-state index contributed by atoms with van der Waals surface area (Å²) in [5, 5.41) is 2.05. The van der Waals surface area contributed by atoms with E-state index in [1.165, 1.54) is 4.88 Å². The fourth-order valence-corrected chi connectivity index (χ4v) is 3.44. The van der Waals surface area contributed by atoms with E-state index in [1.807, 2.05) is 11.4 Å². The number of carbonyl (C=O) groups excluding carboxylic acids is 1. The third-order valence-electron chi connectivity index (χ3n) is 3.12. The van der Waals surface area contributed by atoms with Crippen molar-refractivity contribution in [3.05, 3.63) is 22.4 Å². The number of carbonyl (C=O) groups is 1. The quantitative estimate of drug-likeness (QED) is 0.684. The lowest BCUT2D eigenvalue weighted by molar-refractivity contribution is -0.142. The van der Waals surface area contributed by atoms with Crippen LogP contribution >= 0.6 is 11.3 Å². The predicted molar refractivity (Wildman–Crippen MR) is 55.9 cm³/mol. The van der Waals surface area contributed by atoms with Crippen LogP contribution in [0.1, 0.15) is 24.1 Å². The second-order valence-corrected chi connectivity index (χ2v) is 5.06. The highest BCUT2D eigenvalue weighted by atomic mass is 32.1. The lowest BCUT2D eigenvalue weighted by atomic mass is 9.95. The van der Waals surface area contributed by atoms with E-state index in [0.717, 1.165) is 0 Å². The maximum Gasteiger partial charge on any atom is 0.308 e. The number of ether oxygens (including phenoxy) is 2. The first-order valence-electron chi connectivity index (χ1n) is 5.14.